The summed E-state index contributed by atoms with van der Waals surface area (Å²) in [7, 11) is 1.88. The zero-order valence-corrected chi connectivity index (χ0v) is 12.3. The molecule has 5 heteroatoms. The zero-order valence-electron chi connectivity index (χ0n) is 11.6. The van der Waals surface area contributed by atoms with Crippen LogP contribution in [0.1, 0.15) is 17.0 Å². The standard InChI is InChI=1S/C15H17ClFN3/c1-10-14(16)13(20(2)19-10)7-15(8-18-9-15)11-5-3-4-6-12(11)17/h3-6,18H,7-9H2,1-2H3. The van der Waals surface area contributed by atoms with Crippen LogP contribution in [0, 0.1) is 12.7 Å². The van der Waals surface area contributed by atoms with E-state index in [4.69, 9.17) is 11.6 Å². The van der Waals surface area contributed by atoms with Crippen molar-refractivity contribution >= 4 is 11.6 Å². The number of nitrogens with one attached hydrogen (secondary N) is 1. The van der Waals surface area contributed by atoms with Crippen LogP contribution in [0.25, 0.3) is 0 Å². The first-order chi connectivity index (χ1) is 9.53. The molecule has 1 aliphatic rings. The Bertz CT molecular complexity index is 647. The molecule has 1 aromatic carbocycles. The van der Waals surface area contributed by atoms with Crippen LogP contribution in [0.15, 0.2) is 24.3 Å². The van der Waals surface area contributed by atoms with E-state index in [1.54, 1.807) is 10.7 Å². The van der Waals surface area contributed by atoms with E-state index < -0.39 is 0 Å². The Morgan fingerprint density at radius 2 is 2.10 bits per heavy atom. The van der Waals surface area contributed by atoms with Gasteiger partial charge in [-0.1, -0.05) is 29.8 Å². The Balaban J connectivity index is 2.01. The molecule has 2 heterocycles. The van der Waals surface area contributed by atoms with Gasteiger partial charge in [0, 0.05) is 32.0 Å². The minimum atomic E-state index is -0.227. The summed E-state index contributed by atoms with van der Waals surface area (Å²) in [6.07, 6.45) is 0.692. The molecule has 3 rings (SSSR count). The molecule has 0 bridgehead atoms. The number of nitrogens with zero attached hydrogens (tertiary/aromatic N) is 2. The maximum Gasteiger partial charge on any atom is 0.127 e. The van der Waals surface area contributed by atoms with Crippen LogP contribution in [-0.2, 0) is 18.9 Å². The summed E-state index contributed by atoms with van der Waals surface area (Å²) in [5.41, 5.74) is 2.32. The van der Waals surface area contributed by atoms with Gasteiger partial charge in [0.05, 0.1) is 16.4 Å². The van der Waals surface area contributed by atoms with Crippen LogP contribution in [-0.4, -0.2) is 22.9 Å². The van der Waals surface area contributed by atoms with Gasteiger partial charge in [-0.05, 0) is 18.6 Å². The average Bonchev–Trinajstić information content (AvgIpc) is 2.61. The summed E-state index contributed by atoms with van der Waals surface area (Å²) in [5.74, 6) is -0.149. The molecule has 3 nitrogen and oxygen atoms in total. The number of hydrogen-bond acceptors (Lipinski definition) is 2. The van der Waals surface area contributed by atoms with Gasteiger partial charge in [0.2, 0.25) is 0 Å². The molecule has 0 spiro atoms. The molecule has 0 amide bonds. The summed E-state index contributed by atoms with van der Waals surface area (Å²) in [4.78, 5) is 0. The second-order valence-corrected chi connectivity index (χ2v) is 5.89. The lowest BCUT2D eigenvalue weighted by Crippen LogP contribution is -2.58. The van der Waals surface area contributed by atoms with Crippen molar-refractivity contribution in [2.24, 2.45) is 7.05 Å². The van der Waals surface area contributed by atoms with Crippen LogP contribution in [0.4, 0.5) is 4.39 Å². The predicted molar refractivity (Wildman–Crippen MR) is 77.6 cm³/mol. The van der Waals surface area contributed by atoms with Crippen LogP contribution in [0.2, 0.25) is 5.02 Å². The van der Waals surface area contributed by atoms with Gasteiger partial charge < -0.3 is 5.32 Å². The number of rotatable bonds is 3. The Kier molecular flexibility index (Phi) is 3.30. The Morgan fingerprint density at radius 3 is 2.60 bits per heavy atom. The van der Waals surface area contributed by atoms with E-state index in [2.05, 4.69) is 10.4 Å². The summed E-state index contributed by atoms with van der Waals surface area (Å²) < 4.78 is 15.9. The first-order valence-electron chi connectivity index (χ1n) is 6.67. The fourth-order valence-corrected chi connectivity index (χ4v) is 3.15. The summed E-state index contributed by atoms with van der Waals surface area (Å²) in [6.45, 7) is 3.41. The van der Waals surface area contributed by atoms with Crippen molar-refractivity contribution in [2.75, 3.05) is 13.1 Å². The van der Waals surface area contributed by atoms with Gasteiger partial charge in [-0.25, -0.2) is 4.39 Å². The molecule has 0 unspecified atom stereocenters. The highest BCUT2D eigenvalue weighted by molar-refractivity contribution is 6.31. The predicted octanol–water partition coefficient (Wildman–Crippen LogP) is 2.60. The molecular formula is C15H17ClFN3. The van der Waals surface area contributed by atoms with Gasteiger partial charge in [0.1, 0.15) is 5.82 Å². The smallest absolute Gasteiger partial charge is 0.127 e. The third-order valence-electron chi connectivity index (χ3n) is 4.14. The van der Waals surface area contributed by atoms with E-state index in [1.807, 2.05) is 26.1 Å². The quantitative estimate of drug-likeness (QED) is 0.943. The summed E-state index contributed by atoms with van der Waals surface area (Å²) in [6, 6.07) is 6.99. The van der Waals surface area contributed by atoms with E-state index >= 15 is 0 Å². The molecule has 1 saturated heterocycles. The molecule has 1 aromatic heterocycles. The van der Waals surface area contributed by atoms with Crippen molar-refractivity contribution in [2.45, 2.75) is 18.8 Å². The largest absolute Gasteiger partial charge is 0.315 e. The zero-order chi connectivity index (χ0) is 14.3. The highest BCUT2D eigenvalue weighted by Gasteiger charge is 2.41. The minimum absolute atomic E-state index is 0.149. The third kappa shape index (κ3) is 2.03. The van der Waals surface area contributed by atoms with Gasteiger partial charge >= 0.3 is 0 Å². The molecule has 1 fully saturated rings. The normalized spacial score (nSPS) is 17.0. The number of halogens is 2. The number of benzene rings is 1. The van der Waals surface area contributed by atoms with E-state index in [0.717, 1.165) is 30.0 Å². The molecule has 1 N–H and O–H groups in total. The maximum absolute atomic E-state index is 14.1. The number of hydrogen-bond donors (Lipinski definition) is 1. The van der Waals surface area contributed by atoms with Gasteiger partial charge in [0.25, 0.3) is 0 Å². The van der Waals surface area contributed by atoms with E-state index in [9.17, 15) is 4.39 Å². The van der Waals surface area contributed by atoms with Crippen molar-refractivity contribution in [1.82, 2.24) is 15.1 Å². The highest BCUT2D eigenvalue weighted by atomic mass is 35.5. The first-order valence-corrected chi connectivity index (χ1v) is 7.05. The lowest BCUT2D eigenvalue weighted by atomic mass is 9.71. The molecular weight excluding hydrogens is 277 g/mol. The van der Waals surface area contributed by atoms with Crippen LogP contribution < -0.4 is 5.32 Å². The van der Waals surface area contributed by atoms with Gasteiger partial charge in [-0.2, -0.15) is 5.10 Å². The summed E-state index contributed by atoms with van der Waals surface area (Å²) in [5, 5.41) is 8.28. The van der Waals surface area contributed by atoms with Crippen molar-refractivity contribution in [1.29, 1.82) is 0 Å². The van der Waals surface area contributed by atoms with Crippen LogP contribution >= 0.6 is 11.6 Å². The lowest BCUT2D eigenvalue weighted by molar-refractivity contribution is 0.261. The second kappa shape index (κ2) is 4.86. The Hall–Kier alpha value is -1.39. The van der Waals surface area contributed by atoms with Crippen molar-refractivity contribution in [3.05, 3.63) is 52.1 Å². The molecule has 2 aromatic rings. The van der Waals surface area contributed by atoms with E-state index in [1.165, 1.54) is 6.07 Å². The van der Waals surface area contributed by atoms with Gasteiger partial charge in [0.15, 0.2) is 0 Å². The lowest BCUT2D eigenvalue weighted by Gasteiger charge is -2.43. The first kappa shape index (κ1) is 13.6. The van der Waals surface area contributed by atoms with Crippen LogP contribution in [0.5, 0.6) is 0 Å². The topological polar surface area (TPSA) is 29.9 Å². The molecule has 0 radical (unpaired) electrons. The van der Waals surface area contributed by atoms with Crippen molar-refractivity contribution in [3.63, 3.8) is 0 Å². The fraction of sp³-hybridized carbons (Fsp3) is 0.400. The summed E-state index contributed by atoms with van der Waals surface area (Å²) >= 11 is 6.33. The number of aromatic nitrogens is 2. The Morgan fingerprint density at radius 1 is 1.40 bits per heavy atom. The second-order valence-electron chi connectivity index (χ2n) is 5.51. The van der Waals surface area contributed by atoms with E-state index in [-0.39, 0.29) is 11.2 Å². The van der Waals surface area contributed by atoms with Crippen LogP contribution in [0.3, 0.4) is 0 Å². The molecule has 0 atom stereocenters. The van der Waals surface area contributed by atoms with Crippen molar-refractivity contribution < 1.29 is 4.39 Å². The minimum Gasteiger partial charge on any atom is -0.315 e. The molecule has 0 saturated carbocycles. The van der Waals surface area contributed by atoms with Gasteiger partial charge in [-0.15, -0.1) is 0 Å². The third-order valence-corrected chi connectivity index (χ3v) is 4.63. The van der Waals surface area contributed by atoms with Crippen molar-refractivity contribution in [3.8, 4) is 0 Å². The maximum atomic E-state index is 14.1. The van der Waals surface area contributed by atoms with Gasteiger partial charge in [-0.3, -0.25) is 4.68 Å². The van der Waals surface area contributed by atoms with E-state index in [0.29, 0.717) is 11.4 Å². The molecule has 106 valence electrons. The monoisotopic (exact) mass is 293 g/mol. The molecule has 1 aliphatic heterocycles. The average molecular weight is 294 g/mol. The highest BCUT2D eigenvalue weighted by Crippen LogP contribution is 2.36. The molecule has 20 heavy (non-hydrogen) atoms. The Labute approximate surface area is 122 Å². The molecule has 0 aliphatic carbocycles. The SMILES string of the molecule is Cc1nn(C)c(CC2(c3ccccc3F)CNC2)c1Cl. The number of aryl methyl sites for hydroxylation is 2. The fourth-order valence-electron chi connectivity index (χ4n) is 2.92.